The topological polar surface area (TPSA) is 63.1 Å². The van der Waals surface area contributed by atoms with Crippen molar-refractivity contribution >= 4 is 11.7 Å². The monoisotopic (exact) mass is 455 g/mol. The number of nitrogens with zero attached hydrogens (tertiary/aromatic N) is 4. The van der Waals surface area contributed by atoms with Crippen molar-refractivity contribution in [2.24, 2.45) is 5.92 Å². The predicted octanol–water partition coefficient (Wildman–Crippen LogP) is 4.90. The highest BCUT2D eigenvalue weighted by Crippen LogP contribution is 2.27. The van der Waals surface area contributed by atoms with Crippen molar-refractivity contribution in [1.82, 2.24) is 25.0 Å². The number of carbonyl (C=O) groups excluding carboxylic acids is 1. The van der Waals surface area contributed by atoms with Crippen LogP contribution in [-0.4, -0.2) is 38.7 Å². The van der Waals surface area contributed by atoms with Crippen molar-refractivity contribution in [2.45, 2.75) is 40.2 Å². The van der Waals surface area contributed by atoms with Gasteiger partial charge in [-0.2, -0.15) is 5.10 Å². The van der Waals surface area contributed by atoms with Gasteiger partial charge in [0.05, 0.1) is 6.20 Å². The quantitative estimate of drug-likeness (QED) is 0.515. The van der Waals surface area contributed by atoms with Crippen LogP contribution < -0.4 is 5.32 Å². The maximum Gasteiger partial charge on any atom is 0.254 e. The fourth-order valence-corrected chi connectivity index (χ4v) is 4.35. The van der Waals surface area contributed by atoms with Crippen LogP contribution in [0.3, 0.4) is 0 Å². The molecule has 3 heterocycles. The van der Waals surface area contributed by atoms with Crippen molar-refractivity contribution in [3.05, 3.63) is 101 Å². The summed E-state index contributed by atoms with van der Waals surface area (Å²) in [5.74, 6) is 1.35. The van der Waals surface area contributed by atoms with Gasteiger partial charge in [0, 0.05) is 43.3 Å². The van der Waals surface area contributed by atoms with Gasteiger partial charge in [-0.3, -0.25) is 9.78 Å². The van der Waals surface area contributed by atoms with E-state index in [-0.39, 0.29) is 5.91 Å². The van der Waals surface area contributed by atoms with Crippen LogP contribution in [0.5, 0.6) is 0 Å². The molecule has 1 saturated heterocycles. The van der Waals surface area contributed by atoms with Crippen LogP contribution in [0.4, 0.5) is 0 Å². The molecule has 1 fully saturated rings. The highest BCUT2D eigenvalue weighted by molar-refractivity contribution is 5.95. The Morgan fingerprint density at radius 3 is 2.50 bits per heavy atom. The molecule has 34 heavy (non-hydrogen) atoms. The molecule has 2 aromatic heterocycles. The third-order valence-corrected chi connectivity index (χ3v) is 6.68. The molecule has 6 nitrogen and oxygen atoms in total. The molecule has 6 heteroatoms. The lowest BCUT2D eigenvalue weighted by atomic mass is 9.89. The number of benzene rings is 1. The maximum atomic E-state index is 13.0. The van der Waals surface area contributed by atoms with Gasteiger partial charge in [0.1, 0.15) is 5.82 Å². The largest absolute Gasteiger partial charge is 0.366 e. The zero-order chi connectivity index (χ0) is 24.1. The molecule has 176 valence electrons. The number of aryl methyl sites for hydroxylation is 2. The minimum absolute atomic E-state index is 0.124. The zero-order valence-electron chi connectivity index (χ0n) is 20.3. The van der Waals surface area contributed by atoms with Gasteiger partial charge in [-0.15, -0.1) is 0 Å². The normalized spacial score (nSPS) is 14.8. The molecule has 0 saturated carbocycles. The van der Waals surface area contributed by atoms with Gasteiger partial charge in [0.25, 0.3) is 5.91 Å². The molecule has 0 atom stereocenters. The standard InChI is InChI=1S/C28H33N5O/c1-20-8-5-6-10-26(20)28(34)32-14-11-25(12-15-32)21(2)16-27(33-23(4)22(3)17-31-33)30-19-24-9-7-13-29-18-24/h5-10,13,16-18,25,30H,2,11-12,14-15,19H2,1,3-4H3/b27-16-. The lowest BCUT2D eigenvalue weighted by molar-refractivity contribution is 0.0702. The molecule has 1 N–H and O–H groups in total. The number of amides is 1. The Morgan fingerprint density at radius 2 is 1.85 bits per heavy atom. The van der Waals surface area contributed by atoms with Gasteiger partial charge >= 0.3 is 0 Å². The smallest absolute Gasteiger partial charge is 0.254 e. The van der Waals surface area contributed by atoms with Gasteiger partial charge < -0.3 is 10.2 Å². The molecule has 1 amide bonds. The van der Waals surface area contributed by atoms with E-state index in [1.165, 1.54) is 0 Å². The van der Waals surface area contributed by atoms with Crippen LogP contribution in [0, 0.1) is 26.7 Å². The number of carbonyl (C=O) groups is 1. The number of allylic oxidation sites excluding steroid dienone is 2. The van der Waals surface area contributed by atoms with Crippen LogP contribution in [0.1, 0.15) is 45.6 Å². The van der Waals surface area contributed by atoms with E-state index in [9.17, 15) is 4.79 Å². The number of aromatic nitrogens is 3. The SMILES string of the molecule is C=C(/C=C(/NCc1cccnc1)n1ncc(C)c1C)C1CCN(C(=O)c2ccccc2C)CC1. The summed E-state index contributed by atoms with van der Waals surface area (Å²) in [5.41, 5.74) is 6.22. The molecule has 0 spiro atoms. The summed E-state index contributed by atoms with van der Waals surface area (Å²) < 4.78 is 1.94. The summed E-state index contributed by atoms with van der Waals surface area (Å²) in [6.45, 7) is 12.7. The molecule has 1 aliphatic rings. The number of hydrogen-bond donors (Lipinski definition) is 1. The number of piperidine rings is 1. The summed E-state index contributed by atoms with van der Waals surface area (Å²) in [6, 6.07) is 11.8. The molecule has 0 radical (unpaired) electrons. The summed E-state index contributed by atoms with van der Waals surface area (Å²) in [4.78, 5) is 19.2. The van der Waals surface area contributed by atoms with E-state index in [1.807, 2.05) is 59.2 Å². The molecule has 1 aromatic carbocycles. The Labute approximate surface area is 202 Å². The summed E-state index contributed by atoms with van der Waals surface area (Å²) in [7, 11) is 0. The van der Waals surface area contributed by atoms with Gasteiger partial charge in [0.2, 0.25) is 0 Å². The number of hydrogen-bond acceptors (Lipinski definition) is 4. The van der Waals surface area contributed by atoms with Crippen LogP contribution in [-0.2, 0) is 6.54 Å². The first-order valence-corrected chi connectivity index (χ1v) is 11.8. The first kappa shape index (κ1) is 23.5. The van der Waals surface area contributed by atoms with Crippen molar-refractivity contribution in [2.75, 3.05) is 13.1 Å². The number of rotatable bonds is 7. The molecular formula is C28H33N5O. The number of nitrogens with one attached hydrogen (secondary N) is 1. The number of likely N-dealkylation sites (tertiary alicyclic amines) is 1. The van der Waals surface area contributed by atoms with Crippen LogP contribution in [0.2, 0.25) is 0 Å². The van der Waals surface area contributed by atoms with Crippen molar-refractivity contribution in [1.29, 1.82) is 0 Å². The van der Waals surface area contributed by atoms with E-state index < -0.39 is 0 Å². The van der Waals surface area contributed by atoms with Gasteiger partial charge in [-0.25, -0.2) is 4.68 Å². The summed E-state index contributed by atoms with van der Waals surface area (Å²) in [5, 5.41) is 8.11. The highest BCUT2D eigenvalue weighted by atomic mass is 16.2. The van der Waals surface area contributed by atoms with Crippen LogP contribution in [0.25, 0.3) is 5.82 Å². The maximum absolute atomic E-state index is 13.0. The van der Waals surface area contributed by atoms with Gasteiger partial charge in [-0.05, 0) is 80.0 Å². The van der Waals surface area contributed by atoms with E-state index in [0.29, 0.717) is 12.5 Å². The van der Waals surface area contributed by atoms with Gasteiger partial charge in [-0.1, -0.05) is 30.8 Å². The van der Waals surface area contributed by atoms with E-state index in [0.717, 1.165) is 65.3 Å². The Hall–Kier alpha value is -3.67. The summed E-state index contributed by atoms with van der Waals surface area (Å²) >= 11 is 0. The third-order valence-electron chi connectivity index (χ3n) is 6.68. The highest BCUT2D eigenvalue weighted by Gasteiger charge is 2.25. The van der Waals surface area contributed by atoms with Gasteiger partial charge in [0.15, 0.2) is 0 Å². The molecule has 1 aliphatic heterocycles. The Kier molecular flexibility index (Phi) is 7.26. The lowest BCUT2D eigenvalue weighted by Crippen LogP contribution is -2.39. The molecule has 4 rings (SSSR count). The second kappa shape index (κ2) is 10.5. The van der Waals surface area contributed by atoms with Crippen molar-refractivity contribution < 1.29 is 4.79 Å². The van der Waals surface area contributed by atoms with Crippen molar-refractivity contribution in [3.8, 4) is 0 Å². The fraction of sp³-hybridized carbons (Fsp3) is 0.321. The Morgan fingerprint density at radius 1 is 1.09 bits per heavy atom. The second-order valence-electron chi connectivity index (χ2n) is 9.03. The fourth-order valence-electron chi connectivity index (χ4n) is 4.35. The molecular weight excluding hydrogens is 422 g/mol. The second-order valence-corrected chi connectivity index (χ2v) is 9.03. The predicted molar refractivity (Wildman–Crippen MR) is 136 cm³/mol. The van der Waals surface area contributed by atoms with E-state index in [2.05, 4.69) is 48.0 Å². The number of pyridine rings is 1. The average Bonchev–Trinajstić information content (AvgIpc) is 3.20. The minimum atomic E-state index is 0.124. The molecule has 0 unspecified atom stereocenters. The molecule has 0 bridgehead atoms. The lowest BCUT2D eigenvalue weighted by Gasteiger charge is -2.33. The minimum Gasteiger partial charge on any atom is -0.366 e. The van der Waals surface area contributed by atoms with Crippen LogP contribution in [0.15, 0.2) is 73.2 Å². The molecule has 3 aromatic rings. The average molecular weight is 456 g/mol. The Bertz CT molecular complexity index is 1190. The Balaban J connectivity index is 1.45. The van der Waals surface area contributed by atoms with Crippen LogP contribution >= 0.6 is 0 Å². The van der Waals surface area contributed by atoms with E-state index in [1.54, 1.807) is 6.20 Å². The van der Waals surface area contributed by atoms with Crippen molar-refractivity contribution in [3.63, 3.8) is 0 Å². The first-order chi connectivity index (χ1) is 16.4. The van der Waals surface area contributed by atoms with E-state index in [4.69, 9.17) is 0 Å². The zero-order valence-corrected chi connectivity index (χ0v) is 20.3. The van der Waals surface area contributed by atoms with E-state index >= 15 is 0 Å². The summed E-state index contributed by atoms with van der Waals surface area (Å²) in [6.07, 6.45) is 9.44. The third kappa shape index (κ3) is 5.28. The molecule has 0 aliphatic carbocycles. The first-order valence-electron chi connectivity index (χ1n) is 11.8.